The van der Waals surface area contributed by atoms with Crippen LogP contribution in [0.15, 0.2) is 37.3 Å². The van der Waals surface area contributed by atoms with E-state index in [4.69, 9.17) is 0 Å². The Morgan fingerprint density at radius 3 is 2.55 bits per heavy atom. The van der Waals surface area contributed by atoms with Gasteiger partial charge >= 0.3 is 0 Å². The number of rotatable bonds is 9. The molecule has 31 heavy (non-hydrogen) atoms. The minimum absolute atomic E-state index is 0.0190. The van der Waals surface area contributed by atoms with Crippen molar-refractivity contribution in [2.45, 2.75) is 72.8 Å². The molecule has 1 aliphatic carbocycles. The van der Waals surface area contributed by atoms with Gasteiger partial charge < -0.3 is 9.66 Å². The second kappa shape index (κ2) is 11.2. The highest BCUT2D eigenvalue weighted by molar-refractivity contribution is 7.83. The Kier molecular flexibility index (Phi) is 8.89. The van der Waals surface area contributed by atoms with E-state index in [0.29, 0.717) is 35.6 Å². The average Bonchev–Trinajstić information content (AvgIpc) is 2.73. The van der Waals surface area contributed by atoms with Crippen molar-refractivity contribution in [3.05, 3.63) is 43.7 Å². The number of aromatic nitrogens is 1. The zero-order valence-corrected chi connectivity index (χ0v) is 19.3. The fourth-order valence-corrected chi connectivity index (χ4v) is 4.27. The molecular formula is C22H30N4O4S. The molecule has 1 aromatic heterocycles. The van der Waals surface area contributed by atoms with Crippen LogP contribution < -0.4 is 5.56 Å². The molecule has 0 saturated carbocycles. The molecule has 2 unspecified atom stereocenters. The highest BCUT2D eigenvalue weighted by Gasteiger charge is 2.21. The Morgan fingerprint density at radius 1 is 1.29 bits per heavy atom. The lowest BCUT2D eigenvalue weighted by Crippen LogP contribution is -2.25. The smallest absolute Gasteiger partial charge is 0.281 e. The first-order valence-corrected chi connectivity index (χ1v) is 11.6. The van der Waals surface area contributed by atoms with E-state index in [0.717, 1.165) is 25.7 Å². The number of nitrogens with zero attached hydrogens (tertiary/aromatic N) is 4. The standard InChI is InChI=1S/C22H30N4O4S/c1-5-7-8-16(6-2)13-26-21(27)18(12-23)15(4)20(22(26)28)25-24-17-9-10-19(31(29)30)14(3)11-17/h11,16,27H,5-10,13H2,1-4H3,(H,29,30). The number of nitriles is 1. The molecule has 9 heteroatoms. The molecule has 2 rings (SSSR count). The number of hydrogen-bond donors (Lipinski definition) is 2. The van der Waals surface area contributed by atoms with Crippen LogP contribution in [0.25, 0.3) is 0 Å². The van der Waals surface area contributed by atoms with Crippen molar-refractivity contribution in [3.8, 4) is 11.9 Å². The zero-order chi connectivity index (χ0) is 23.1. The number of aromatic hydroxyl groups is 1. The van der Waals surface area contributed by atoms with Gasteiger partial charge in [-0.1, -0.05) is 33.1 Å². The van der Waals surface area contributed by atoms with Gasteiger partial charge in [-0.2, -0.15) is 10.4 Å². The van der Waals surface area contributed by atoms with Gasteiger partial charge in [0.25, 0.3) is 5.56 Å². The van der Waals surface area contributed by atoms with Gasteiger partial charge in [-0.15, -0.1) is 5.11 Å². The maximum atomic E-state index is 13.1. The van der Waals surface area contributed by atoms with Crippen LogP contribution in [0.5, 0.6) is 5.88 Å². The molecule has 0 fully saturated rings. The molecule has 1 aliphatic rings. The van der Waals surface area contributed by atoms with E-state index in [1.54, 1.807) is 19.9 Å². The van der Waals surface area contributed by atoms with Gasteiger partial charge in [0.1, 0.15) is 11.6 Å². The first kappa shape index (κ1) is 24.7. The first-order chi connectivity index (χ1) is 14.7. The lowest BCUT2D eigenvalue weighted by Gasteiger charge is -2.19. The van der Waals surface area contributed by atoms with Crippen molar-refractivity contribution in [2.24, 2.45) is 16.1 Å². The van der Waals surface area contributed by atoms with Crippen LogP contribution in [-0.4, -0.2) is 18.4 Å². The van der Waals surface area contributed by atoms with Crippen molar-refractivity contribution >= 4 is 16.8 Å². The van der Waals surface area contributed by atoms with Crippen LogP contribution in [0, 0.1) is 24.2 Å². The van der Waals surface area contributed by atoms with E-state index < -0.39 is 16.6 Å². The van der Waals surface area contributed by atoms with Crippen LogP contribution >= 0.6 is 0 Å². The lowest BCUT2D eigenvalue weighted by molar-refractivity contribution is 0.339. The monoisotopic (exact) mass is 446 g/mol. The van der Waals surface area contributed by atoms with Gasteiger partial charge in [-0.25, -0.2) is 4.21 Å². The van der Waals surface area contributed by atoms with E-state index >= 15 is 0 Å². The van der Waals surface area contributed by atoms with E-state index in [1.165, 1.54) is 4.57 Å². The summed E-state index contributed by atoms with van der Waals surface area (Å²) in [4.78, 5) is 13.6. The Hall–Kier alpha value is -2.57. The molecule has 1 heterocycles. The minimum atomic E-state index is -2.02. The summed E-state index contributed by atoms with van der Waals surface area (Å²) in [6.45, 7) is 7.76. The summed E-state index contributed by atoms with van der Waals surface area (Å²) in [7, 11) is 0. The fourth-order valence-electron chi connectivity index (χ4n) is 3.66. The summed E-state index contributed by atoms with van der Waals surface area (Å²) in [5.41, 5.74) is 1.09. The van der Waals surface area contributed by atoms with Gasteiger partial charge in [-0.3, -0.25) is 9.36 Å². The topological polar surface area (TPSA) is 128 Å². The highest BCUT2D eigenvalue weighted by atomic mass is 32.2. The van der Waals surface area contributed by atoms with Gasteiger partial charge in [0, 0.05) is 17.0 Å². The van der Waals surface area contributed by atoms with Gasteiger partial charge in [-0.05, 0) is 50.7 Å². The molecule has 0 aromatic carbocycles. The molecule has 0 spiro atoms. The number of pyridine rings is 1. The van der Waals surface area contributed by atoms with Gasteiger partial charge in [0.05, 0.1) is 5.70 Å². The van der Waals surface area contributed by atoms with E-state index in [2.05, 4.69) is 17.2 Å². The molecule has 1 aromatic rings. The Labute approximate surface area is 185 Å². The second-order valence-electron chi connectivity index (χ2n) is 7.81. The quantitative estimate of drug-likeness (QED) is 0.397. The molecule has 0 amide bonds. The number of hydrogen-bond acceptors (Lipinski definition) is 6. The number of unbranched alkanes of at least 4 members (excludes halogenated alkanes) is 1. The maximum absolute atomic E-state index is 13.1. The first-order valence-electron chi connectivity index (χ1n) is 10.5. The summed E-state index contributed by atoms with van der Waals surface area (Å²) in [6, 6.07) is 1.97. The van der Waals surface area contributed by atoms with Gasteiger partial charge in [0.2, 0.25) is 5.88 Å². The molecule has 2 N–H and O–H groups in total. The Balaban J connectivity index is 2.48. The predicted octanol–water partition coefficient (Wildman–Crippen LogP) is 5.21. The van der Waals surface area contributed by atoms with Crippen LogP contribution in [0.3, 0.4) is 0 Å². The van der Waals surface area contributed by atoms with Gasteiger partial charge in [0.15, 0.2) is 16.8 Å². The largest absolute Gasteiger partial charge is 0.493 e. The van der Waals surface area contributed by atoms with Crippen molar-refractivity contribution in [1.82, 2.24) is 4.57 Å². The third-order valence-electron chi connectivity index (χ3n) is 5.67. The maximum Gasteiger partial charge on any atom is 0.281 e. The molecule has 0 aliphatic heterocycles. The summed E-state index contributed by atoms with van der Waals surface area (Å²) in [5.74, 6) is -0.126. The minimum Gasteiger partial charge on any atom is -0.493 e. The average molecular weight is 447 g/mol. The van der Waals surface area contributed by atoms with Crippen molar-refractivity contribution in [1.29, 1.82) is 5.26 Å². The summed E-state index contributed by atoms with van der Waals surface area (Å²) in [5, 5.41) is 28.4. The van der Waals surface area contributed by atoms with E-state index in [-0.39, 0.29) is 28.6 Å². The van der Waals surface area contributed by atoms with E-state index in [1.807, 2.05) is 13.0 Å². The Morgan fingerprint density at radius 2 is 2.00 bits per heavy atom. The molecule has 8 nitrogen and oxygen atoms in total. The Bertz CT molecular complexity index is 1050. The number of allylic oxidation sites excluding steroid dienone is 4. The third kappa shape index (κ3) is 5.77. The SMILES string of the molecule is CCCCC(CC)Cn1c(O)c(C#N)c(C)c(N=NC2=CC(C)=C(S(=O)O)CC2)c1=O. The second-order valence-corrected chi connectivity index (χ2v) is 8.80. The van der Waals surface area contributed by atoms with Crippen molar-refractivity contribution < 1.29 is 13.9 Å². The van der Waals surface area contributed by atoms with Crippen LogP contribution in [-0.2, 0) is 17.6 Å². The summed E-state index contributed by atoms with van der Waals surface area (Å²) >= 11 is -2.02. The summed E-state index contributed by atoms with van der Waals surface area (Å²) < 4.78 is 21.9. The predicted molar refractivity (Wildman–Crippen MR) is 120 cm³/mol. The van der Waals surface area contributed by atoms with Crippen molar-refractivity contribution in [2.75, 3.05) is 0 Å². The van der Waals surface area contributed by atoms with E-state index in [9.17, 15) is 23.9 Å². The molecular weight excluding hydrogens is 416 g/mol. The zero-order valence-electron chi connectivity index (χ0n) is 18.5. The van der Waals surface area contributed by atoms with Crippen LogP contribution in [0.2, 0.25) is 0 Å². The molecule has 0 saturated heterocycles. The van der Waals surface area contributed by atoms with Crippen LogP contribution in [0.1, 0.15) is 70.4 Å². The fraction of sp³-hybridized carbons (Fsp3) is 0.545. The molecule has 2 atom stereocenters. The van der Waals surface area contributed by atoms with Crippen LogP contribution in [0.4, 0.5) is 5.69 Å². The third-order valence-corrected chi connectivity index (χ3v) is 6.62. The summed E-state index contributed by atoms with van der Waals surface area (Å²) in [6.07, 6.45) is 6.34. The normalized spacial score (nSPS) is 16.3. The van der Waals surface area contributed by atoms with Crippen molar-refractivity contribution in [3.63, 3.8) is 0 Å². The highest BCUT2D eigenvalue weighted by Crippen LogP contribution is 2.30. The number of azo groups is 1. The lowest BCUT2D eigenvalue weighted by atomic mass is 9.99. The molecule has 0 radical (unpaired) electrons. The molecule has 168 valence electrons. The molecule has 0 bridgehead atoms.